The summed E-state index contributed by atoms with van der Waals surface area (Å²) in [6.45, 7) is 10.1. The van der Waals surface area contributed by atoms with Crippen LogP contribution in [0.4, 0.5) is 0 Å². The average molecular weight is 388 g/mol. The van der Waals surface area contributed by atoms with Crippen LogP contribution in [0.5, 0.6) is 0 Å². The molecule has 0 saturated heterocycles. The summed E-state index contributed by atoms with van der Waals surface area (Å²) in [6.07, 6.45) is 8.79. The molecule has 5 nitrogen and oxygen atoms in total. The van der Waals surface area contributed by atoms with E-state index >= 15 is 0 Å². The Hall–Kier alpha value is -0.940. The minimum absolute atomic E-state index is 0. The van der Waals surface area contributed by atoms with Gasteiger partial charge in [0, 0.05) is 40.0 Å². The molecule has 2 N–H and O–H groups in total. The summed E-state index contributed by atoms with van der Waals surface area (Å²) in [6, 6.07) is 0. The Balaban J connectivity index is 0. The number of nitrogens with two attached hydrogens (primary N) is 1. The number of ketones is 1. The van der Waals surface area contributed by atoms with E-state index in [0.717, 1.165) is 32.0 Å². The first-order chi connectivity index (χ1) is 12.9. The molecule has 2 rings (SSSR count). The highest BCUT2D eigenvalue weighted by Crippen LogP contribution is 2.29. The van der Waals surface area contributed by atoms with Crippen LogP contribution in [0.2, 0.25) is 0 Å². The van der Waals surface area contributed by atoms with Gasteiger partial charge in [0.2, 0.25) is 5.91 Å². The van der Waals surface area contributed by atoms with Crippen molar-refractivity contribution in [3.63, 3.8) is 0 Å². The van der Waals surface area contributed by atoms with Gasteiger partial charge >= 0.3 is 0 Å². The van der Waals surface area contributed by atoms with Gasteiger partial charge in [-0.3, -0.25) is 9.59 Å². The van der Waals surface area contributed by atoms with Crippen molar-refractivity contribution >= 4 is 11.7 Å². The SMILES string of the molecule is CC.CC(C)C(=O)C1CCC1.COCC1CCC(COCCC(N)=O)CC1.[HH]. The van der Waals surface area contributed by atoms with Crippen LogP contribution in [0.1, 0.15) is 80.5 Å². The molecule has 2 aliphatic carbocycles. The van der Waals surface area contributed by atoms with Crippen LogP contribution >= 0.6 is 0 Å². The molecular formula is C22H45NO4. The maximum absolute atomic E-state index is 11.1. The Morgan fingerprint density at radius 3 is 1.85 bits per heavy atom. The van der Waals surface area contributed by atoms with Gasteiger partial charge in [-0.05, 0) is 50.4 Å². The third-order valence-electron chi connectivity index (χ3n) is 5.29. The van der Waals surface area contributed by atoms with Gasteiger partial charge in [-0.25, -0.2) is 0 Å². The van der Waals surface area contributed by atoms with E-state index in [2.05, 4.69) is 0 Å². The van der Waals surface area contributed by atoms with E-state index in [1.807, 2.05) is 27.7 Å². The van der Waals surface area contributed by atoms with Crippen molar-refractivity contribution in [2.24, 2.45) is 29.4 Å². The number of hydrogen-bond donors (Lipinski definition) is 1. The Bertz CT molecular complexity index is 392. The predicted molar refractivity (Wildman–Crippen MR) is 113 cm³/mol. The lowest BCUT2D eigenvalue weighted by molar-refractivity contribution is -0.128. The highest BCUT2D eigenvalue weighted by molar-refractivity contribution is 5.83. The molecule has 1 amide bonds. The maximum atomic E-state index is 11.1. The summed E-state index contributed by atoms with van der Waals surface area (Å²) in [5.74, 6) is 2.26. The van der Waals surface area contributed by atoms with E-state index in [0.29, 0.717) is 30.6 Å². The molecule has 2 aliphatic rings. The second kappa shape index (κ2) is 16.1. The molecule has 0 aromatic carbocycles. The topological polar surface area (TPSA) is 78.6 Å². The summed E-state index contributed by atoms with van der Waals surface area (Å²) in [7, 11) is 1.76. The Kier molecular flexibility index (Phi) is 15.5. The summed E-state index contributed by atoms with van der Waals surface area (Å²) in [5.41, 5.74) is 5.03. The van der Waals surface area contributed by atoms with E-state index < -0.39 is 0 Å². The molecule has 2 saturated carbocycles. The standard InChI is InChI=1S/C12H23NO3.C8H14O.C2H6.H2/c1-15-8-10-2-4-11(5-3-10)9-16-7-6-12(13)14;1-6(2)8(9)7-4-3-5-7;1-2;/h10-11H,2-9H2,1H3,(H2,13,14);6-7H,3-5H2,1-2H3;1-2H3;1H. The van der Waals surface area contributed by atoms with Crippen LogP contribution in [-0.4, -0.2) is 38.6 Å². The second-order valence-corrected chi connectivity index (χ2v) is 7.82. The molecule has 0 radical (unpaired) electrons. The fraction of sp³-hybridized carbons (Fsp3) is 0.909. The zero-order valence-corrected chi connectivity index (χ0v) is 18.3. The first-order valence-corrected chi connectivity index (χ1v) is 10.8. The molecular weight excluding hydrogens is 342 g/mol. The van der Waals surface area contributed by atoms with Crippen molar-refractivity contribution in [2.45, 2.75) is 79.1 Å². The van der Waals surface area contributed by atoms with E-state index in [1.54, 1.807) is 7.11 Å². The largest absolute Gasteiger partial charge is 0.384 e. The number of methoxy groups -OCH3 is 1. The minimum atomic E-state index is -0.288. The van der Waals surface area contributed by atoms with Gasteiger partial charge in [0.1, 0.15) is 5.78 Å². The molecule has 0 atom stereocenters. The highest BCUT2D eigenvalue weighted by atomic mass is 16.5. The van der Waals surface area contributed by atoms with Crippen molar-refractivity contribution in [3.8, 4) is 0 Å². The smallest absolute Gasteiger partial charge is 0.219 e. The van der Waals surface area contributed by atoms with Crippen molar-refractivity contribution < 1.29 is 20.5 Å². The highest BCUT2D eigenvalue weighted by Gasteiger charge is 2.26. The first kappa shape index (κ1) is 26.1. The van der Waals surface area contributed by atoms with Gasteiger partial charge in [0.05, 0.1) is 6.61 Å². The molecule has 0 unspecified atom stereocenters. The lowest BCUT2D eigenvalue weighted by Gasteiger charge is -2.27. The molecule has 0 bridgehead atoms. The van der Waals surface area contributed by atoms with Crippen LogP contribution in [0.3, 0.4) is 0 Å². The second-order valence-electron chi connectivity index (χ2n) is 7.82. The van der Waals surface area contributed by atoms with Crippen molar-refractivity contribution in [3.05, 3.63) is 0 Å². The summed E-state index contributed by atoms with van der Waals surface area (Å²) in [5, 5.41) is 0. The lowest BCUT2D eigenvalue weighted by Crippen LogP contribution is -2.25. The third kappa shape index (κ3) is 12.2. The van der Waals surface area contributed by atoms with Gasteiger partial charge in [-0.1, -0.05) is 34.1 Å². The third-order valence-corrected chi connectivity index (χ3v) is 5.29. The van der Waals surface area contributed by atoms with E-state index in [-0.39, 0.29) is 13.3 Å². The average Bonchev–Trinajstić information content (AvgIpc) is 2.61. The first-order valence-electron chi connectivity index (χ1n) is 10.8. The van der Waals surface area contributed by atoms with Crippen LogP contribution in [0, 0.1) is 23.7 Å². The van der Waals surface area contributed by atoms with Crippen molar-refractivity contribution in [2.75, 3.05) is 26.9 Å². The molecule has 2 fully saturated rings. The molecule has 0 aromatic rings. The molecule has 162 valence electrons. The van der Waals surface area contributed by atoms with Crippen LogP contribution in [0.15, 0.2) is 0 Å². The van der Waals surface area contributed by atoms with Gasteiger partial charge < -0.3 is 15.2 Å². The number of ether oxygens (including phenoxy) is 2. The van der Waals surface area contributed by atoms with Crippen molar-refractivity contribution in [1.82, 2.24) is 0 Å². The minimum Gasteiger partial charge on any atom is -0.384 e. The van der Waals surface area contributed by atoms with Gasteiger partial charge in [0.15, 0.2) is 0 Å². The predicted octanol–water partition coefficient (Wildman–Crippen LogP) is 4.62. The summed E-state index contributed by atoms with van der Waals surface area (Å²) >= 11 is 0. The summed E-state index contributed by atoms with van der Waals surface area (Å²) < 4.78 is 10.6. The molecule has 27 heavy (non-hydrogen) atoms. The molecule has 0 aromatic heterocycles. The number of carbonyl (C=O) groups excluding carboxylic acids is 2. The quantitative estimate of drug-likeness (QED) is 0.586. The number of carbonyl (C=O) groups is 2. The van der Waals surface area contributed by atoms with Gasteiger partial charge in [-0.2, -0.15) is 0 Å². The normalized spacial score (nSPS) is 22.0. The van der Waals surface area contributed by atoms with Gasteiger partial charge in [-0.15, -0.1) is 0 Å². The fourth-order valence-corrected chi connectivity index (χ4v) is 3.39. The monoisotopic (exact) mass is 387 g/mol. The Morgan fingerprint density at radius 2 is 1.52 bits per heavy atom. The number of hydrogen-bond acceptors (Lipinski definition) is 4. The Morgan fingerprint density at radius 1 is 1.00 bits per heavy atom. The van der Waals surface area contributed by atoms with Crippen molar-refractivity contribution in [1.29, 1.82) is 0 Å². The maximum Gasteiger partial charge on any atom is 0.219 e. The van der Waals surface area contributed by atoms with Crippen LogP contribution in [-0.2, 0) is 19.1 Å². The van der Waals surface area contributed by atoms with Crippen LogP contribution < -0.4 is 5.73 Å². The number of Topliss-reactive ketones (excluding diaryl/α,β-unsaturated/α-hetero) is 1. The molecule has 5 heteroatoms. The lowest BCUT2D eigenvalue weighted by atomic mass is 9.79. The fourth-order valence-electron chi connectivity index (χ4n) is 3.39. The van der Waals surface area contributed by atoms with E-state index in [4.69, 9.17) is 15.2 Å². The van der Waals surface area contributed by atoms with E-state index in [9.17, 15) is 9.59 Å². The zero-order chi connectivity index (χ0) is 20.7. The summed E-state index contributed by atoms with van der Waals surface area (Å²) in [4.78, 5) is 21.6. The number of amides is 1. The molecule has 0 spiro atoms. The van der Waals surface area contributed by atoms with Crippen LogP contribution in [0.25, 0.3) is 0 Å². The number of primary amides is 1. The Labute approximate surface area is 168 Å². The number of rotatable bonds is 9. The van der Waals surface area contributed by atoms with E-state index in [1.165, 1.54) is 32.1 Å². The molecule has 0 heterocycles. The van der Waals surface area contributed by atoms with Gasteiger partial charge in [0.25, 0.3) is 0 Å². The zero-order valence-electron chi connectivity index (χ0n) is 18.3. The molecule has 0 aliphatic heterocycles.